The van der Waals surface area contributed by atoms with Crippen LogP contribution in [0.2, 0.25) is 0 Å². The number of fused-ring (bicyclic) bond motifs is 1. The molecule has 3 aromatic rings. The lowest BCUT2D eigenvalue weighted by Crippen LogP contribution is -2.32. The monoisotopic (exact) mass is 389 g/mol. The first-order valence-electron chi connectivity index (χ1n) is 10.1. The van der Waals surface area contributed by atoms with Crippen molar-refractivity contribution < 1.29 is 9.59 Å². The van der Waals surface area contributed by atoms with E-state index in [0.29, 0.717) is 22.5 Å². The van der Waals surface area contributed by atoms with E-state index in [-0.39, 0.29) is 11.8 Å². The highest BCUT2D eigenvalue weighted by Gasteiger charge is 2.15. The first-order chi connectivity index (χ1) is 14.0. The molecule has 150 valence electrons. The molecule has 3 rings (SSSR count). The number of hydrogen-bond donors (Lipinski definition) is 1. The molecule has 5 heteroatoms. The predicted molar refractivity (Wildman–Crippen MR) is 117 cm³/mol. The van der Waals surface area contributed by atoms with Crippen LogP contribution in [0.4, 0.5) is 5.69 Å². The third-order valence-electron chi connectivity index (χ3n) is 4.82. The van der Waals surface area contributed by atoms with Gasteiger partial charge in [0.05, 0.1) is 16.8 Å². The Bertz CT molecular complexity index is 1010. The van der Waals surface area contributed by atoms with Gasteiger partial charge in [0.25, 0.3) is 11.8 Å². The third kappa shape index (κ3) is 4.80. The molecule has 2 aromatic carbocycles. The van der Waals surface area contributed by atoms with E-state index in [1.165, 1.54) is 0 Å². The van der Waals surface area contributed by atoms with Crippen molar-refractivity contribution in [3.8, 4) is 0 Å². The third-order valence-corrected chi connectivity index (χ3v) is 4.82. The van der Waals surface area contributed by atoms with Crippen molar-refractivity contribution in [1.82, 2.24) is 9.88 Å². The highest BCUT2D eigenvalue weighted by Crippen LogP contribution is 2.18. The highest BCUT2D eigenvalue weighted by molar-refractivity contribution is 6.07. The summed E-state index contributed by atoms with van der Waals surface area (Å²) in [6.07, 6.45) is 1.86. The second kappa shape index (κ2) is 9.32. The van der Waals surface area contributed by atoms with Crippen molar-refractivity contribution >= 4 is 28.4 Å². The Balaban J connectivity index is 1.75. The second-order valence-electron chi connectivity index (χ2n) is 7.14. The summed E-state index contributed by atoms with van der Waals surface area (Å²) in [6.45, 7) is 7.47. The minimum Gasteiger partial charge on any atom is -0.339 e. The van der Waals surface area contributed by atoms with Crippen molar-refractivity contribution in [2.24, 2.45) is 0 Å². The van der Waals surface area contributed by atoms with Crippen LogP contribution in [-0.2, 0) is 0 Å². The lowest BCUT2D eigenvalue weighted by Gasteiger charge is -2.21. The van der Waals surface area contributed by atoms with Crippen LogP contribution in [0.15, 0.2) is 54.6 Å². The van der Waals surface area contributed by atoms with Gasteiger partial charge in [-0.25, -0.2) is 0 Å². The van der Waals surface area contributed by atoms with Gasteiger partial charge in [-0.15, -0.1) is 0 Å². The Morgan fingerprint density at radius 1 is 0.966 bits per heavy atom. The van der Waals surface area contributed by atoms with Crippen LogP contribution in [0.1, 0.15) is 53.1 Å². The van der Waals surface area contributed by atoms with Crippen molar-refractivity contribution in [2.45, 2.75) is 33.6 Å². The van der Waals surface area contributed by atoms with E-state index in [1.54, 1.807) is 24.3 Å². The summed E-state index contributed by atoms with van der Waals surface area (Å²) in [5.41, 5.74) is 3.38. The molecule has 0 spiro atoms. The van der Waals surface area contributed by atoms with Crippen LogP contribution < -0.4 is 5.32 Å². The molecule has 0 aliphatic carbocycles. The molecule has 0 atom stereocenters. The second-order valence-corrected chi connectivity index (χ2v) is 7.14. The highest BCUT2D eigenvalue weighted by atomic mass is 16.2. The van der Waals surface area contributed by atoms with Gasteiger partial charge in [0.15, 0.2) is 0 Å². The molecule has 0 unspecified atom stereocenters. The predicted octanol–water partition coefficient (Wildman–Crippen LogP) is 5.06. The number of para-hydroxylation sites is 1. The van der Waals surface area contributed by atoms with E-state index < -0.39 is 0 Å². The SMILES string of the molecule is CCCN(CCC)C(=O)c1ccc(NC(=O)c2cc3ccccc3nc2C)cc1. The van der Waals surface area contributed by atoms with E-state index in [1.807, 2.05) is 42.2 Å². The number of amides is 2. The molecule has 2 amide bonds. The zero-order chi connectivity index (χ0) is 20.8. The smallest absolute Gasteiger partial charge is 0.257 e. The number of carbonyl (C=O) groups excluding carboxylic acids is 2. The molecule has 0 saturated carbocycles. The quantitative estimate of drug-likeness (QED) is 0.614. The van der Waals surface area contributed by atoms with Gasteiger partial charge >= 0.3 is 0 Å². The molecule has 0 aliphatic heterocycles. The first-order valence-corrected chi connectivity index (χ1v) is 10.1. The fourth-order valence-electron chi connectivity index (χ4n) is 3.37. The molecule has 29 heavy (non-hydrogen) atoms. The maximum atomic E-state index is 12.7. The summed E-state index contributed by atoms with van der Waals surface area (Å²) in [5, 5.41) is 3.83. The summed E-state index contributed by atoms with van der Waals surface area (Å²) in [5.74, 6) is -0.181. The largest absolute Gasteiger partial charge is 0.339 e. The normalized spacial score (nSPS) is 10.7. The van der Waals surface area contributed by atoms with E-state index in [9.17, 15) is 9.59 Å². The summed E-state index contributed by atoms with van der Waals surface area (Å²) in [7, 11) is 0. The molecular weight excluding hydrogens is 362 g/mol. The van der Waals surface area contributed by atoms with Crippen LogP contribution in [0.3, 0.4) is 0 Å². The van der Waals surface area contributed by atoms with E-state index in [2.05, 4.69) is 24.1 Å². The van der Waals surface area contributed by atoms with Gasteiger partial charge in [-0.1, -0.05) is 32.0 Å². The Labute approximate surface area is 171 Å². The molecular formula is C24H27N3O2. The fraction of sp³-hybridized carbons (Fsp3) is 0.292. The van der Waals surface area contributed by atoms with Gasteiger partial charge in [0.1, 0.15) is 0 Å². The average Bonchev–Trinajstić information content (AvgIpc) is 2.73. The van der Waals surface area contributed by atoms with Gasteiger partial charge < -0.3 is 10.2 Å². The lowest BCUT2D eigenvalue weighted by molar-refractivity contribution is 0.0755. The van der Waals surface area contributed by atoms with Crippen LogP contribution in [0, 0.1) is 6.92 Å². The molecule has 0 radical (unpaired) electrons. The molecule has 0 aliphatic rings. The molecule has 0 bridgehead atoms. The maximum absolute atomic E-state index is 12.7. The minimum atomic E-state index is -0.210. The molecule has 1 heterocycles. The Kier molecular flexibility index (Phi) is 6.60. The number of nitrogens with one attached hydrogen (secondary N) is 1. The number of pyridine rings is 1. The van der Waals surface area contributed by atoms with Gasteiger partial charge in [-0.3, -0.25) is 14.6 Å². The number of nitrogens with zero attached hydrogens (tertiary/aromatic N) is 2. The molecule has 0 fully saturated rings. The van der Waals surface area contributed by atoms with Gasteiger partial charge in [-0.2, -0.15) is 0 Å². The summed E-state index contributed by atoms with van der Waals surface area (Å²) in [4.78, 5) is 31.8. The molecule has 5 nitrogen and oxygen atoms in total. The Morgan fingerprint density at radius 2 is 1.62 bits per heavy atom. The number of aryl methyl sites for hydroxylation is 1. The fourth-order valence-corrected chi connectivity index (χ4v) is 3.37. The molecule has 1 aromatic heterocycles. The number of anilines is 1. The van der Waals surface area contributed by atoms with Gasteiger partial charge in [0.2, 0.25) is 0 Å². The standard InChI is InChI=1S/C24H27N3O2/c1-4-14-27(15-5-2)24(29)18-10-12-20(13-11-18)26-23(28)21-16-19-8-6-7-9-22(19)25-17(21)3/h6-13,16H,4-5,14-15H2,1-3H3,(H,26,28). The van der Waals surface area contributed by atoms with Crippen molar-refractivity contribution in [3.05, 3.63) is 71.4 Å². The summed E-state index contributed by atoms with van der Waals surface area (Å²) in [6, 6.07) is 16.7. The van der Waals surface area contributed by atoms with Crippen LogP contribution in [0.5, 0.6) is 0 Å². The Hall–Kier alpha value is -3.21. The van der Waals surface area contributed by atoms with Gasteiger partial charge in [0, 0.05) is 29.7 Å². The first kappa shape index (κ1) is 20.5. The topological polar surface area (TPSA) is 62.3 Å². The van der Waals surface area contributed by atoms with Crippen molar-refractivity contribution in [3.63, 3.8) is 0 Å². The number of carbonyl (C=O) groups is 2. The number of hydrogen-bond acceptors (Lipinski definition) is 3. The van der Waals surface area contributed by atoms with Crippen LogP contribution >= 0.6 is 0 Å². The molecule has 1 N–H and O–H groups in total. The Morgan fingerprint density at radius 3 is 2.28 bits per heavy atom. The minimum absolute atomic E-state index is 0.0288. The van der Waals surface area contributed by atoms with E-state index in [0.717, 1.165) is 36.8 Å². The van der Waals surface area contributed by atoms with Crippen LogP contribution in [-0.4, -0.2) is 34.8 Å². The maximum Gasteiger partial charge on any atom is 0.257 e. The van der Waals surface area contributed by atoms with Gasteiger partial charge in [-0.05, 0) is 56.2 Å². The lowest BCUT2D eigenvalue weighted by atomic mass is 10.1. The zero-order valence-electron chi connectivity index (χ0n) is 17.2. The van der Waals surface area contributed by atoms with Crippen LogP contribution in [0.25, 0.3) is 10.9 Å². The van der Waals surface area contributed by atoms with E-state index in [4.69, 9.17) is 0 Å². The molecule has 0 saturated heterocycles. The van der Waals surface area contributed by atoms with E-state index >= 15 is 0 Å². The summed E-state index contributed by atoms with van der Waals surface area (Å²) < 4.78 is 0. The van der Waals surface area contributed by atoms with Crippen molar-refractivity contribution in [2.75, 3.05) is 18.4 Å². The van der Waals surface area contributed by atoms with Crippen molar-refractivity contribution in [1.29, 1.82) is 0 Å². The summed E-state index contributed by atoms with van der Waals surface area (Å²) >= 11 is 0. The number of aromatic nitrogens is 1. The number of rotatable bonds is 7. The average molecular weight is 389 g/mol. The zero-order valence-corrected chi connectivity index (χ0v) is 17.2. The number of benzene rings is 2.